The van der Waals surface area contributed by atoms with Crippen LogP contribution in [0.5, 0.6) is 5.75 Å². The molecule has 5 aliphatic carbocycles. The van der Waals surface area contributed by atoms with E-state index in [1.54, 1.807) is 0 Å². The normalized spacial score (nSPS) is 36.9. The second-order valence-electron chi connectivity index (χ2n) is 13.3. The predicted molar refractivity (Wildman–Crippen MR) is 148 cm³/mol. The smallest absolute Gasteiger partial charge is 0.208 e. The Morgan fingerprint density at radius 3 is 2.80 bits per heavy atom. The summed E-state index contributed by atoms with van der Waals surface area (Å²) in [5.74, 6) is 2.75. The molecule has 4 bridgehead atoms. The van der Waals surface area contributed by atoms with Gasteiger partial charge in [-0.05, 0) is 79.8 Å². The lowest BCUT2D eigenvalue weighted by molar-refractivity contribution is -0.283. The molecule has 3 heterocycles. The Hall–Kier alpha value is -2.81. The molecule has 10 rings (SSSR count). The van der Waals surface area contributed by atoms with Gasteiger partial charge in [0.25, 0.3) is 0 Å². The number of tetrazole rings is 1. The van der Waals surface area contributed by atoms with E-state index in [4.69, 9.17) is 14.2 Å². The average Bonchev–Trinajstić information content (AvgIpc) is 3.48. The lowest BCUT2D eigenvalue weighted by Crippen LogP contribution is -2.81. The van der Waals surface area contributed by atoms with E-state index in [-0.39, 0.29) is 28.5 Å². The third kappa shape index (κ3) is 2.94. The highest BCUT2D eigenvalue weighted by atomic mass is 16.6. The third-order valence-corrected chi connectivity index (χ3v) is 11.8. The number of methoxy groups -OCH3 is 1. The molecule has 0 amide bonds. The maximum absolute atomic E-state index is 7.26. The zero-order valence-electron chi connectivity index (χ0n) is 23.1. The zero-order chi connectivity index (χ0) is 26.5. The molecule has 8 nitrogen and oxygen atoms in total. The van der Waals surface area contributed by atoms with Crippen molar-refractivity contribution in [3.05, 3.63) is 59.2 Å². The summed E-state index contributed by atoms with van der Waals surface area (Å²) in [4.78, 5) is 2.89. The minimum atomic E-state index is -0.385. The van der Waals surface area contributed by atoms with Gasteiger partial charge in [0.05, 0.1) is 18.8 Å². The van der Waals surface area contributed by atoms with Crippen LogP contribution in [0.4, 0.5) is 0 Å². The number of nitrogens with zero attached hydrogens (tertiary/aromatic N) is 4. The predicted octanol–water partition coefficient (Wildman–Crippen LogP) is 4.31. The van der Waals surface area contributed by atoms with Crippen molar-refractivity contribution < 1.29 is 14.2 Å². The Kier molecular flexibility index (Phi) is 4.99. The first-order valence-corrected chi connectivity index (χ1v) is 15.2. The van der Waals surface area contributed by atoms with Gasteiger partial charge in [0.1, 0.15) is 17.5 Å². The van der Waals surface area contributed by atoms with E-state index in [9.17, 15) is 0 Å². The Morgan fingerprint density at radius 1 is 1.10 bits per heavy atom. The molecule has 8 heteroatoms. The molecule has 5 fully saturated rings. The van der Waals surface area contributed by atoms with Gasteiger partial charge in [-0.1, -0.05) is 36.4 Å². The maximum atomic E-state index is 7.26. The van der Waals surface area contributed by atoms with E-state index in [0.29, 0.717) is 25.1 Å². The molecular formula is C32H37N5O3. The van der Waals surface area contributed by atoms with Crippen LogP contribution in [0.1, 0.15) is 55.2 Å². The standard InChI is InChI=1S/C32H37N5O3/c1-38-32-12-11-30(16-23(32)19-39-18-21-5-3-2-4-6-21)25-15-22-9-10-24(28-33-35-36-34-28)27-26(22)31(30,29(32)40-27)13-14-37(25)17-20-7-8-20/h2-6,9-10,20,23,25,29H,7-8,11-19H2,1H3,(H,33,34,35,36)/t23-,25-,29-,30-,31+,32-/m1/s1. The summed E-state index contributed by atoms with van der Waals surface area (Å²) in [6.45, 7) is 3.71. The molecule has 3 aromatic rings. The average molecular weight is 540 g/mol. The fourth-order valence-corrected chi connectivity index (χ4v) is 10.1. The second kappa shape index (κ2) is 8.37. The highest BCUT2D eigenvalue weighted by molar-refractivity contribution is 5.73. The Morgan fingerprint density at radius 2 is 2.00 bits per heavy atom. The number of H-pyrrole nitrogens is 1. The number of benzene rings is 2. The van der Waals surface area contributed by atoms with Crippen LogP contribution in [0.3, 0.4) is 0 Å². The van der Waals surface area contributed by atoms with E-state index in [2.05, 4.69) is 68.0 Å². The number of ether oxygens (including phenoxy) is 3. The summed E-state index contributed by atoms with van der Waals surface area (Å²) in [5, 5.41) is 15.2. The fraction of sp³-hybridized carbons (Fsp3) is 0.594. The van der Waals surface area contributed by atoms with Gasteiger partial charge >= 0.3 is 0 Å². The van der Waals surface area contributed by atoms with Crippen LogP contribution in [0, 0.1) is 17.3 Å². The number of likely N-dealkylation sites (tertiary alicyclic amines) is 1. The first-order chi connectivity index (χ1) is 19.7. The summed E-state index contributed by atoms with van der Waals surface area (Å²) >= 11 is 0. The van der Waals surface area contributed by atoms with E-state index in [1.807, 2.05) is 7.11 Å². The number of nitrogens with one attached hydrogen (secondary N) is 1. The lowest BCUT2D eigenvalue weighted by atomic mass is 9.35. The van der Waals surface area contributed by atoms with Crippen LogP contribution in [-0.4, -0.2) is 70.1 Å². The van der Waals surface area contributed by atoms with Gasteiger partial charge in [0.2, 0.25) is 5.82 Å². The Balaban J connectivity index is 1.17. The molecule has 0 radical (unpaired) electrons. The minimum absolute atomic E-state index is 0.0366. The van der Waals surface area contributed by atoms with Crippen LogP contribution in [0.25, 0.3) is 11.4 Å². The highest BCUT2D eigenvalue weighted by Gasteiger charge is 2.80. The summed E-state index contributed by atoms with van der Waals surface area (Å²) in [5.41, 5.74) is 4.78. The van der Waals surface area contributed by atoms with Crippen molar-refractivity contribution in [1.29, 1.82) is 0 Å². The van der Waals surface area contributed by atoms with Crippen LogP contribution < -0.4 is 4.74 Å². The molecular weight excluding hydrogens is 502 g/mol. The largest absolute Gasteiger partial charge is 0.485 e. The Bertz CT molecular complexity index is 1440. The molecule has 4 saturated carbocycles. The Labute approximate surface area is 234 Å². The van der Waals surface area contributed by atoms with Gasteiger partial charge in [-0.2, -0.15) is 5.21 Å². The zero-order valence-corrected chi connectivity index (χ0v) is 23.1. The van der Waals surface area contributed by atoms with E-state index in [1.165, 1.54) is 42.5 Å². The van der Waals surface area contributed by atoms with Gasteiger partial charge in [-0.25, -0.2) is 0 Å². The van der Waals surface area contributed by atoms with Gasteiger partial charge in [-0.15, -0.1) is 10.2 Å². The summed E-state index contributed by atoms with van der Waals surface area (Å²) in [6.07, 6.45) is 8.31. The number of hydrogen-bond acceptors (Lipinski definition) is 7. The molecule has 2 spiro atoms. The highest BCUT2D eigenvalue weighted by Crippen LogP contribution is 2.76. The van der Waals surface area contributed by atoms with Gasteiger partial charge in [0, 0.05) is 42.0 Å². The van der Waals surface area contributed by atoms with Crippen molar-refractivity contribution >= 4 is 0 Å². The molecule has 2 aromatic carbocycles. The van der Waals surface area contributed by atoms with Crippen molar-refractivity contribution in [3.63, 3.8) is 0 Å². The van der Waals surface area contributed by atoms with Crippen molar-refractivity contribution in [1.82, 2.24) is 25.5 Å². The molecule has 208 valence electrons. The molecule has 7 aliphatic rings. The fourth-order valence-electron chi connectivity index (χ4n) is 10.1. The van der Waals surface area contributed by atoms with Gasteiger partial charge < -0.3 is 14.2 Å². The van der Waals surface area contributed by atoms with Gasteiger partial charge in [0.15, 0.2) is 0 Å². The van der Waals surface area contributed by atoms with E-state index >= 15 is 0 Å². The van der Waals surface area contributed by atoms with Crippen LogP contribution in [0.2, 0.25) is 0 Å². The molecule has 2 aliphatic heterocycles. The topological polar surface area (TPSA) is 85.4 Å². The number of aromatic amines is 1. The number of piperidine rings is 1. The number of rotatable bonds is 8. The molecule has 1 saturated heterocycles. The molecule has 0 unspecified atom stereocenters. The number of aromatic nitrogens is 4. The van der Waals surface area contributed by atoms with Crippen molar-refractivity contribution in [3.8, 4) is 17.1 Å². The van der Waals surface area contributed by atoms with E-state index < -0.39 is 0 Å². The first kappa shape index (κ1) is 23.9. The molecule has 1 aromatic heterocycles. The quantitative estimate of drug-likeness (QED) is 0.457. The van der Waals surface area contributed by atoms with Crippen LogP contribution in [0.15, 0.2) is 42.5 Å². The summed E-state index contributed by atoms with van der Waals surface area (Å²) in [7, 11) is 1.91. The van der Waals surface area contributed by atoms with Crippen molar-refractivity contribution in [2.45, 2.75) is 74.7 Å². The maximum Gasteiger partial charge on any atom is 0.208 e. The van der Waals surface area contributed by atoms with Crippen molar-refractivity contribution in [2.24, 2.45) is 17.3 Å². The molecule has 1 N–H and O–H groups in total. The van der Waals surface area contributed by atoms with Crippen LogP contribution in [-0.2, 0) is 27.9 Å². The minimum Gasteiger partial charge on any atom is -0.485 e. The summed E-state index contributed by atoms with van der Waals surface area (Å²) in [6, 6.07) is 15.5. The number of hydrogen-bond donors (Lipinski definition) is 1. The molecule has 40 heavy (non-hydrogen) atoms. The van der Waals surface area contributed by atoms with E-state index in [0.717, 1.165) is 49.5 Å². The third-order valence-electron chi connectivity index (χ3n) is 11.8. The SMILES string of the molecule is CO[C@]12CC[C@@]3(C[C@@H]1COCc1ccccc1)[C@H]1Cc4ccc(-c5nn[nH]n5)c5c4[C@@]3(CCN1CC1CC1)[C@H]2O5. The second-order valence-corrected chi connectivity index (χ2v) is 13.3. The monoisotopic (exact) mass is 539 g/mol. The van der Waals surface area contributed by atoms with Gasteiger partial charge in [-0.3, -0.25) is 4.90 Å². The summed E-state index contributed by atoms with van der Waals surface area (Å²) < 4.78 is 20.4. The van der Waals surface area contributed by atoms with Crippen molar-refractivity contribution in [2.75, 3.05) is 26.8 Å². The first-order valence-electron chi connectivity index (χ1n) is 15.2. The lowest BCUT2D eigenvalue weighted by Gasteiger charge is -2.74. The molecule has 6 atom stereocenters. The number of fused-ring (bicyclic) bond motifs is 2. The van der Waals surface area contributed by atoms with Crippen LogP contribution >= 0.6 is 0 Å².